The highest BCUT2D eigenvalue weighted by atomic mass is 32.2. The van der Waals surface area contributed by atoms with Crippen molar-refractivity contribution in [2.45, 2.75) is 18.7 Å². The fraction of sp³-hybridized carbons (Fsp3) is 0.364. The van der Waals surface area contributed by atoms with Gasteiger partial charge in [0.25, 0.3) is 0 Å². The summed E-state index contributed by atoms with van der Waals surface area (Å²) in [5, 5.41) is 10.9. The lowest BCUT2D eigenvalue weighted by molar-refractivity contribution is -0.140. The van der Waals surface area contributed by atoms with Crippen molar-refractivity contribution in [1.29, 1.82) is 0 Å². The number of pyridine rings is 1. The summed E-state index contributed by atoms with van der Waals surface area (Å²) in [5.74, 6) is -4.13. The minimum Gasteiger partial charge on any atom is -0.480 e. The van der Waals surface area contributed by atoms with E-state index >= 15 is 0 Å². The molecule has 0 aliphatic carbocycles. The zero-order valence-corrected chi connectivity index (χ0v) is 11.4. The topological polar surface area (TPSA) is 113 Å². The van der Waals surface area contributed by atoms with Gasteiger partial charge in [-0.3, -0.25) is 9.78 Å². The van der Waals surface area contributed by atoms with Crippen molar-refractivity contribution < 1.29 is 27.5 Å². The van der Waals surface area contributed by atoms with Crippen LogP contribution < -0.4 is 5.32 Å². The number of carboxylic acids is 1. The number of nitrogens with zero attached hydrogens (tertiary/aromatic N) is 1. The van der Waals surface area contributed by atoms with Crippen molar-refractivity contribution in [2.75, 3.05) is 5.75 Å². The van der Waals surface area contributed by atoms with Crippen LogP contribution in [0.3, 0.4) is 0 Å². The lowest BCUT2D eigenvalue weighted by Gasteiger charge is -2.13. The van der Waals surface area contributed by atoms with E-state index in [1.54, 1.807) is 0 Å². The Kier molecular flexibility index (Phi) is 5.14. The summed E-state index contributed by atoms with van der Waals surface area (Å²) in [5.41, 5.74) is 0.108. The van der Waals surface area contributed by atoms with E-state index in [-0.39, 0.29) is 5.56 Å². The van der Waals surface area contributed by atoms with Gasteiger partial charge in [0.05, 0.1) is 17.7 Å². The molecule has 0 aromatic carbocycles. The Hall–Kier alpha value is -2.03. The Morgan fingerprint density at radius 1 is 1.45 bits per heavy atom. The number of halogens is 1. The van der Waals surface area contributed by atoms with Crippen LogP contribution in [0.5, 0.6) is 0 Å². The maximum absolute atomic E-state index is 12.9. The number of sulfone groups is 1. The van der Waals surface area contributed by atoms with Gasteiger partial charge in [-0.15, -0.1) is 0 Å². The van der Waals surface area contributed by atoms with Crippen LogP contribution in [0.15, 0.2) is 18.5 Å². The summed E-state index contributed by atoms with van der Waals surface area (Å²) < 4.78 is 36.6. The van der Waals surface area contributed by atoms with Gasteiger partial charge in [0.2, 0.25) is 5.91 Å². The molecule has 0 aliphatic rings. The van der Waals surface area contributed by atoms with E-state index in [2.05, 4.69) is 4.98 Å². The predicted octanol–water partition coefficient (Wildman–Crippen LogP) is -0.275. The normalized spacial score (nSPS) is 12.7. The van der Waals surface area contributed by atoms with Crippen LogP contribution in [0.4, 0.5) is 4.39 Å². The number of carbonyl (C=O) groups excluding carboxylic acids is 1. The molecular formula is C11H13FN2O5S. The van der Waals surface area contributed by atoms with Gasteiger partial charge < -0.3 is 10.4 Å². The minimum absolute atomic E-state index is 0.108. The summed E-state index contributed by atoms with van der Waals surface area (Å²) in [4.78, 5) is 25.2. The van der Waals surface area contributed by atoms with Crippen molar-refractivity contribution in [3.8, 4) is 0 Å². The van der Waals surface area contributed by atoms with Gasteiger partial charge in [-0.2, -0.15) is 0 Å². The first-order chi connectivity index (χ1) is 9.19. The molecular weight excluding hydrogens is 291 g/mol. The number of carboxylic acid groups (broad SMARTS) is 1. The number of aliphatic carboxylic acids is 1. The first kappa shape index (κ1) is 16.0. The SMILES string of the molecule is CC(=O)N[C@@H](CS(=O)(=O)Cc1cncc(F)c1)C(=O)O. The zero-order valence-electron chi connectivity index (χ0n) is 10.5. The smallest absolute Gasteiger partial charge is 0.327 e. The molecule has 0 aliphatic heterocycles. The van der Waals surface area contributed by atoms with Gasteiger partial charge >= 0.3 is 5.97 Å². The molecule has 0 radical (unpaired) electrons. The van der Waals surface area contributed by atoms with Crippen LogP contribution in [0, 0.1) is 5.82 Å². The molecule has 1 rings (SSSR count). The number of nitrogens with one attached hydrogen (secondary N) is 1. The fourth-order valence-corrected chi connectivity index (χ4v) is 3.04. The van der Waals surface area contributed by atoms with Gasteiger partial charge in [0.1, 0.15) is 11.9 Å². The molecule has 0 bridgehead atoms. The van der Waals surface area contributed by atoms with Gasteiger partial charge in [-0.05, 0) is 11.6 Å². The molecule has 110 valence electrons. The number of aromatic nitrogens is 1. The second kappa shape index (κ2) is 6.42. The molecule has 1 amide bonds. The molecule has 0 spiro atoms. The van der Waals surface area contributed by atoms with Crippen LogP contribution in [0.2, 0.25) is 0 Å². The number of rotatable bonds is 6. The van der Waals surface area contributed by atoms with Crippen molar-refractivity contribution in [1.82, 2.24) is 10.3 Å². The van der Waals surface area contributed by atoms with Crippen molar-refractivity contribution in [2.24, 2.45) is 0 Å². The number of amides is 1. The van der Waals surface area contributed by atoms with E-state index in [1.807, 2.05) is 5.32 Å². The molecule has 7 nitrogen and oxygen atoms in total. The summed E-state index contributed by atoms with van der Waals surface area (Å²) in [6.07, 6.45) is 2.10. The van der Waals surface area contributed by atoms with Crippen LogP contribution in [-0.2, 0) is 25.2 Å². The summed E-state index contributed by atoms with van der Waals surface area (Å²) >= 11 is 0. The van der Waals surface area contributed by atoms with Crippen molar-refractivity contribution in [3.63, 3.8) is 0 Å². The summed E-state index contributed by atoms with van der Waals surface area (Å²) in [6, 6.07) is -0.544. The molecule has 1 heterocycles. The molecule has 1 aromatic rings. The Morgan fingerprint density at radius 3 is 2.60 bits per heavy atom. The van der Waals surface area contributed by atoms with Crippen LogP contribution >= 0.6 is 0 Å². The summed E-state index contributed by atoms with van der Waals surface area (Å²) in [7, 11) is -3.84. The average Bonchev–Trinajstić information content (AvgIpc) is 2.26. The third-order valence-corrected chi connectivity index (χ3v) is 3.86. The Morgan fingerprint density at radius 2 is 2.10 bits per heavy atom. The third kappa shape index (κ3) is 5.31. The first-order valence-electron chi connectivity index (χ1n) is 5.49. The molecule has 1 aromatic heterocycles. The van der Waals surface area contributed by atoms with Crippen LogP contribution in [-0.4, -0.2) is 42.2 Å². The van der Waals surface area contributed by atoms with E-state index in [1.165, 1.54) is 6.20 Å². The second-order valence-electron chi connectivity index (χ2n) is 4.16. The standard InChI is InChI=1S/C11H13FN2O5S/c1-7(15)14-10(11(16)17)6-20(18,19)5-8-2-9(12)4-13-3-8/h2-4,10H,5-6H2,1H3,(H,14,15)(H,16,17)/t10-/m0/s1. The van der Waals surface area contributed by atoms with E-state index in [9.17, 15) is 22.4 Å². The quantitative estimate of drug-likeness (QED) is 0.747. The molecule has 0 unspecified atom stereocenters. The molecule has 0 saturated heterocycles. The van der Waals surface area contributed by atoms with E-state index in [0.717, 1.165) is 19.2 Å². The average molecular weight is 304 g/mol. The van der Waals surface area contributed by atoms with E-state index < -0.39 is 45.1 Å². The largest absolute Gasteiger partial charge is 0.480 e. The minimum atomic E-state index is -3.84. The number of hydrogen-bond donors (Lipinski definition) is 2. The molecule has 20 heavy (non-hydrogen) atoms. The maximum atomic E-state index is 12.9. The highest BCUT2D eigenvalue weighted by molar-refractivity contribution is 7.90. The fourth-order valence-electron chi connectivity index (χ4n) is 1.52. The van der Waals surface area contributed by atoms with E-state index in [0.29, 0.717) is 0 Å². The zero-order chi connectivity index (χ0) is 15.3. The summed E-state index contributed by atoms with van der Waals surface area (Å²) in [6.45, 7) is 1.08. The lowest BCUT2D eigenvalue weighted by atomic mass is 10.3. The van der Waals surface area contributed by atoms with E-state index in [4.69, 9.17) is 5.11 Å². The molecule has 9 heteroatoms. The van der Waals surface area contributed by atoms with Crippen LogP contribution in [0.1, 0.15) is 12.5 Å². The van der Waals surface area contributed by atoms with Crippen molar-refractivity contribution >= 4 is 21.7 Å². The first-order valence-corrected chi connectivity index (χ1v) is 7.31. The van der Waals surface area contributed by atoms with Crippen LogP contribution in [0.25, 0.3) is 0 Å². The Balaban J connectivity index is 2.82. The maximum Gasteiger partial charge on any atom is 0.327 e. The molecule has 0 saturated carbocycles. The van der Waals surface area contributed by atoms with Gasteiger partial charge in [-0.25, -0.2) is 17.6 Å². The number of hydrogen-bond acceptors (Lipinski definition) is 5. The van der Waals surface area contributed by atoms with Crippen molar-refractivity contribution in [3.05, 3.63) is 29.8 Å². The third-order valence-electron chi connectivity index (χ3n) is 2.24. The Bertz CT molecular complexity index is 617. The monoisotopic (exact) mass is 304 g/mol. The molecule has 1 atom stereocenters. The molecule has 0 fully saturated rings. The number of carbonyl (C=O) groups is 2. The Labute approximate surface area is 114 Å². The lowest BCUT2D eigenvalue weighted by Crippen LogP contribution is -2.44. The van der Waals surface area contributed by atoms with Gasteiger partial charge in [-0.1, -0.05) is 0 Å². The highest BCUT2D eigenvalue weighted by Crippen LogP contribution is 2.08. The predicted molar refractivity (Wildman–Crippen MR) is 66.9 cm³/mol. The highest BCUT2D eigenvalue weighted by Gasteiger charge is 2.26. The van der Waals surface area contributed by atoms with Gasteiger partial charge in [0, 0.05) is 13.1 Å². The second-order valence-corrected chi connectivity index (χ2v) is 6.27. The molecule has 2 N–H and O–H groups in total. The van der Waals surface area contributed by atoms with Gasteiger partial charge in [0.15, 0.2) is 9.84 Å².